The third-order valence-electron chi connectivity index (χ3n) is 7.69. The molecular weight excluding hydrogens is 496 g/mol. The highest BCUT2D eigenvalue weighted by Gasteiger charge is 2.30. The summed E-state index contributed by atoms with van der Waals surface area (Å²) in [5.41, 5.74) is 9.68. The van der Waals surface area contributed by atoms with Crippen LogP contribution < -0.4 is 16.4 Å². The maximum atomic E-state index is 13.6. The van der Waals surface area contributed by atoms with Gasteiger partial charge in [-0.3, -0.25) is 9.59 Å². The number of amides is 2. The zero-order valence-electron chi connectivity index (χ0n) is 22.9. The van der Waals surface area contributed by atoms with E-state index in [0.717, 1.165) is 42.4 Å². The second-order valence-electron chi connectivity index (χ2n) is 10.6. The van der Waals surface area contributed by atoms with Crippen LogP contribution in [0.1, 0.15) is 41.6 Å². The van der Waals surface area contributed by atoms with E-state index in [1.165, 1.54) is 10.8 Å². The summed E-state index contributed by atoms with van der Waals surface area (Å²) in [6, 6.07) is 32.2. The number of nitrogens with two attached hydrogens (primary N) is 1. The number of benzene rings is 4. The lowest BCUT2D eigenvalue weighted by molar-refractivity contribution is -0.133. The van der Waals surface area contributed by atoms with Crippen LogP contribution in [0.2, 0.25) is 0 Å². The van der Waals surface area contributed by atoms with E-state index < -0.39 is 0 Å². The molecule has 0 saturated carbocycles. The fraction of sp³-hybridized carbons (Fsp3) is 0.294. The molecule has 2 amide bonds. The molecule has 0 unspecified atom stereocenters. The third-order valence-corrected chi connectivity index (χ3v) is 7.69. The smallest absolute Gasteiger partial charge is 0.251 e. The van der Waals surface area contributed by atoms with Gasteiger partial charge in [-0.15, -0.1) is 0 Å². The largest absolute Gasteiger partial charge is 0.350 e. The highest BCUT2D eigenvalue weighted by molar-refractivity contribution is 5.94. The maximum absolute atomic E-state index is 13.6. The third kappa shape index (κ3) is 6.95. The lowest BCUT2D eigenvalue weighted by Gasteiger charge is -2.25. The zero-order chi connectivity index (χ0) is 27.7. The van der Waals surface area contributed by atoms with Gasteiger partial charge < -0.3 is 21.3 Å². The van der Waals surface area contributed by atoms with Crippen LogP contribution in [0.5, 0.6) is 0 Å². The number of nitrogens with zero attached hydrogens (tertiary/aromatic N) is 1. The predicted octanol–water partition coefficient (Wildman–Crippen LogP) is 5.12. The Morgan fingerprint density at radius 2 is 1.60 bits per heavy atom. The number of carbonyl (C=O) groups excluding carboxylic acids is 2. The molecule has 1 aliphatic heterocycles. The van der Waals surface area contributed by atoms with E-state index in [9.17, 15) is 9.59 Å². The fourth-order valence-corrected chi connectivity index (χ4v) is 5.42. The number of hydrogen-bond donors (Lipinski definition) is 3. The molecule has 2 atom stereocenters. The molecule has 4 N–H and O–H groups in total. The average Bonchev–Trinajstić information content (AvgIpc) is 3.14. The molecule has 0 spiro atoms. The van der Waals surface area contributed by atoms with Crippen molar-refractivity contribution in [3.8, 4) is 11.1 Å². The number of carbonyl (C=O) groups is 2. The van der Waals surface area contributed by atoms with Crippen LogP contribution in [0.15, 0.2) is 97.1 Å². The first-order valence-corrected chi connectivity index (χ1v) is 14.3. The average molecular weight is 535 g/mol. The van der Waals surface area contributed by atoms with Gasteiger partial charge in [-0.2, -0.15) is 0 Å². The van der Waals surface area contributed by atoms with Crippen molar-refractivity contribution in [2.45, 2.75) is 44.3 Å². The van der Waals surface area contributed by atoms with Crippen LogP contribution in [-0.2, 0) is 11.3 Å². The Labute approximate surface area is 236 Å². The van der Waals surface area contributed by atoms with Crippen molar-refractivity contribution in [1.29, 1.82) is 0 Å². The molecule has 0 bridgehead atoms. The quantitative estimate of drug-likeness (QED) is 0.246. The van der Waals surface area contributed by atoms with E-state index in [0.29, 0.717) is 31.7 Å². The van der Waals surface area contributed by atoms with Crippen molar-refractivity contribution < 1.29 is 9.59 Å². The number of nitrogens with one attached hydrogen (secondary N) is 2. The summed E-state index contributed by atoms with van der Waals surface area (Å²) in [6.07, 6.45) is 3.27. The van der Waals surface area contributed by atoms with E-state index in [1.54, 1.807) is 0 Å². The molecule has 1 saturated heterocycles. The van der Waals surface area contributed by atoms with Crippen LogP contribution in [-0.4, -0.2) is 48.4 Å². The second kappa shape index (κ2) is 13.4. The molecule has 6 heteroatoms. The molecule has 0 aromatic heterocycles. The molecule has 5 rings (SSSR count). The SMILES string of the molecule is NCCCC[C@@H]1N[C@@H](CNC(=O)c2ccc(-c3ccccc3)cc2)CCN(Cc2ccc3ccccc3c2)C1=O. The summed E-state index contributed by atoms with van der Waals surface area (Å²) in [5, 5.41) is 9.03. The number of hydrogen-bond acceptors (Lipinski definition) is 4. The van der Waals surface area contributed by atoms with Crippen molar-refractivity contribution in [2.75, 3.05) is 19.6 Å². The van der Waals surface area contributed by atoms with E-state index in [2.05, 4.69) is 53.1 Å². The van der Waals surface area contributed by atoms with Crippen molar-refractivity contribution >= 4 is 22.6 Å². The molecule has 40 heavy (non-hydrogen) atoms. The highest BCUT2D eigenvalue weighted by Crippen LogP contribution is 2.21. The van der Waals surface area contributed by atoms with E-state index in [4.69, 9.17) is 5.73 Å². The fourth-order valence-electron chi connectivity index (χ4n) is 5.42. The summed E-state index contributed by atoms with van der Waals surface area (Å²) in [4.78, 5) is 28.5. The minimum atomic E-state index is -0.290. The van der Waals surface area contributed by atoms with Gasteiger partial charge in [0.1, 0.15) is 0 Å². The first-order valence-electron chi connectivity index (χ1n) is 14.3. The van der Waals surface area contributed by atoms with E-state index in [1.807, 2.05) is 59.5 Å². The minimum absolute atomic E-state index is 0.000900. The Morgan fingerprint density at radius 1 is 0.875 bits per heavy atom. The van der Waals surface area contributed by atoms with Gasteiger partial charge in [0, 0.05) is 31.2 Å². The summed E-state index contributed by atoms with van der Waals surface area (Å²) < 4.78 is 0. The minimum Gasteiger partial charge on any atom is -0.350 e. The molecule has 4 aromatic rings. The van der Waals surface area contributed by atoms with Crippen molar-refractivity contribution in [3.63, 3.8) is 0 Å². The van der Waals surface area contributed by atoms with Gasteiger partial charge in [0.2, 0.25) is 5.91 Å². The van der Waals surface area contributed by atoms with Gasteiger partial charge in [-0.05, 0) is 71.5 Å². The normalized spacial score (nSPS) is 17.5. The van der Waals surface area contributed by atoms with Gasteiger partial charge in [-0.1, -0.05) is 85.3 Å². The standard InChI is InChI=1S/C34H38N4O2/c35-20-7-6-12-32-34(40)38(24-25-13-14-27-10-4-5-11-30(27)22-25)21-19-31(37-32)23-36-33(39)29-17-15-28(16-18-29)26-8-2-1-3-9-26/h1-5,8-11,13-18,22,31-32,37H,6-7,12,19-21,23-24,35H2,(H,36,39)/t31-,32+/m1/s1. The van der Waals surface area contributed by atoms with Gasteiger partial charge in [-0.25, -0.2) is 0 Å². The van der Waals surface area contributed by atoms with E-state index >= 15 is 0 Å². The monoisotopic (exact) mass is 534 g/mol. The first kappa shape index (κ1) is 27.6. The Bertz CT molecular complexity index is 1420. The number of rotatable bonds is 10. The summed E-state index contributed by atoms with van der Waals surface area (Å²) in [7, 11) is 0. The lowest BCUT2D eigenvalue weighted by Crippen LogP contribution is -2.48. The summed E-state index contributed by atoms with van der Waals surface area (Å²) in [6.45, 7) is 2.29. The van der Waals surface area contributed by atoms with Crippen LogP contribution in [0, 0.1) is 0 Å². The number of unbranched alkanes of at least 4 members (excludes halogenated alkanes) is 1. The Morgan fingerprint density at radius 3 is 2.38 bits per heavy atom. The lowest BCUT2D eigenvalue weighted by atomic mass is 10.0. The molecule has 4 aromatic carbocycles. The van der Waals surface area contributed by atoms with Crippen LogP contribution in [0.4, 0.5) is 0 Å². The van der Waals surface area contributed by atoms with Crippen LogP contribution in [0.3, 0.4) is 0 Å². The summed E-state index contributed by atoms with van der Waals surface area (Å²) in [5.74, 6) is 0.0141. The van der Waals surface area contributed by atoms with Crippen LogP contribution >= 0.6 is 0 Å². The molecule has 1 heterocycles. The molecule has 0 aliphatic carbocycles. The zero-order valence-corrected chi connectivity index (χ0v) is 22.9. The van der Waals surface area contributed by atoms with E-state index in [-0.39, 0.29) is 23.9 Å². The molecule has 206 valence electrons. The van der Waals surface area contributed by atoms with Crippen molar-refractivity contribution in [3.05, 3.63) is 108 Å². The van der Waals surface area contributed by atoms with Gasteiger partial charge in [0.25, 0.3) is 5.91 Å². The molecule has 1 fully saturated rings. The summed E-state index contributed by atoms with van der Waals surface area (Å²) >= 11 is 0. The second-order valence-corrected chi connectivity index (χ2v) is 10.6. The molecular formula is C34H38N4O2. The van der Waals surface area contributed by atoms with Gasteiger partial charge in [0.15, 0.2) is 0 Å². The Balaban J connectivity index is 1.23. The highest BCUT2D eigenvalue weighted by atomic mass is 16.2. The first-order chi connectivity index (χ1) is 19.6. The Kier molecular flexibility index (Phi) is 9.22. The van der Waals surface area contributed by atoms with Gasteiger partial charge >= 0.3 is 0 Å². The molecule has 1 aliphatic rings. The van der Waals surface area contributed by atoms with Crippen molar-refractivity contribution in [2.24, 2.45) is 5.73 Å². The predicted molar refractivity (Wildman–Crippen MR) is 162 cm³/mol. The Hall–Kier alpha value is -4.00. The van der Waals surface area contributed by atoms with Crippen molar-refractivity contribution in [1.82, 2.24) is 15.5 Å². The van der Waals surface area contributed by atoms with Gasteiger partial charge in [0.05, 0.1) is 6.04 Å². The maximum Gasteiger partial charge on any atom is 0.251 e. The molecule has 0 radical (unpaired) electrons. The van der Waals surface area contributed by atoms with Crippen LogP contribution in [0.25, 0.3) is 21.9 Å². The topological polar surface area (TPSA) is 87.5 Å². The molecule has 6 nitrogen and oxygen atoms in total. The number of fused-ring (bicyclic) bond motifs is 1.